The summed E-state index contributed by atoms with van der Waals surface area (Å²) in [6, 6.07) is 32.7. The minimum absolute atomic E-state index is 0.235. The molecule has 0 heterocycles. The minimum Gasteiger partial charge on any atom is -0.744 e. The molecule has 41 heavy (non-hydrogen) atoms. The average molecular weight is 561 g/mol. The molecular formula is C35H32N2O3S. The molecule has 0 amide bonds. The van der Waals surface area contributed by atoms with Crippen LogP contribution in [0.4, 0.5) is 17.1 Å². The molecule has 0 aromatic heterocycles. The van der Waals surface area contributed by atoms with E-state index in [2.05, 4.69) is 45.9 Å². The van der Waals surface area contributed by atoms with E-state index in [0.717, 1.165) is 45.0 Å². The molecule has 1 aliphatic rings. The van der Waals surface area contributed by atoms with Crippen LogP contribution < -0.4 is 4.90 Å². The molecule has 0 aliphatic heterocycles. The summed E-state index contributed by atoms with van der Waals surface area (Å²) >= 11 is 0. The predicted molar refractivity (Wildman–Crippen MR) is 166 cm³/mol. The first-order chi connectivity index (χ1) is 19.6. The highest BCUT2D eigenvalue weighted by atomic mass is 32.2. The SMILES string of the molecule is CC1=C/C(=C(/c2ccc(N(C)c3ccccc3)c(C)c2)c2ccccc2S(=O)(=O)[O-])C=CC1=[N+](C)c1ccccc1. The summed E-state index contributed by atoms with van der Waals surface area (Å²) in [5, 5.41) is 0. The highest BCUT2D eigenvalue weighted by Crippen LogP contribution is 2.37. The van der Waals surface area contributed by atoms with Gasteiger partial charge in [0.05, 0.1) is 4.90 Å². The van der Waals surface area contributed by atoms with Crippen LogP contribution in [-0.2, 0) is 10.1 Å². The smallest absolute Gasteiger partial charge is 0.208 e. The summed E-state index contributed by atoms with van der Waals surface area (Å²) in [6.45, 7) is 4.07. The lowest BCUT2D eigenvalue weighted by atomic mass is 9.88. The summed E-state index contributed by atoms with van der Waals surface area (Å²) in [6.07, 6.45) is 6.08. The zero-order chi connectivity index (χ0) is 29.1. The van der Waals surface area contributed by atoms with Gasteiger partial charge in [-0.05, 0) is 78.6 Å². The fraction of sp³-hybridized carbons (Fsp3) is 0.114. The second-order valence-corrected chi connectivity index (χ2v) is 11.5. The maximum absolute atomic E-state index is 12.4. The summed E-state index contributed by atoms with van der Waals surface area (Å²) < 4.78 is 39.2. The predicted octanol–water partition coefficient (Wildman–Crippen LogP) is 7.40. The van der Waals surface area contributed by atoms with E-state index in [-0.39, 0.29) is 4.90 Å². The number of benzene rings is 4. The van der Waals surface area contributed by atoms with E-state index in [9.17, 15) is 13.0 Å². The summed E-state index contributed by atoms with van der Waals surface area (Å²) in [4.78, 5) is 1.88. The zero-order valence-electron chi connectivity index (χ0n) is 23.6. The van der Waals surface area contributed by atoms with Gasteiger partial charge in [-0.1, -0.05) is 60.7 Å². The van der Waals surface area contributed by atoms with Crippen LogP contribution in [0.2, 0.25) is 0 Å². The monoisotopic (exact) mass is 560 g/mol. The third-order valence-corrected chi connectivity index (χ3v) is 8.30. The largest absolute Gasteiger partial charge is 0.744 e. The molecule has 6 heteroatoms. The third-order valence-electron chi connectivity index (χ3n) is 7.41. The van der Waals surface area contributed by atoms with Crippen molar-refractivity contribution in [3.8, 4) is 0 Å². The van der Waals surface area contributed by atoms with Gasteiger partial charge in [0.25, 0.3) is 0 Å². The highest BCUT2D eigenvalue weighted by Gasteiger charge is 2.22. The lowest BCUT2D eigenvalue weighted by Crippen LogP contribution is -2.15. The van der Waals surface area contributed by atoms with Crippen LogP contribution in [0.1, 0.15) is 23.6 Å². The molecule has 0 atom stereocenters. The van der Waals surface area contributed by atoms with Gasteiger partial charge in [0.15, 0.2) is 0 Å². The molecule has 0 N–H and O–H groups in total. The minimum atomic E-state index is -4.72. The van der Waals surface area contributed by atoms with E-state index in [4.69, 9.17) is 0 Å². The second-order valence-electron chi connectivity index (χ2n) is 10.1. The standard InChI is InChI=1S/C35H32N2O3S/c1-25-23-27(19-21-32(25)36(3)29-13-7-5-8-14-29)35(31-17-11-12-18-34(31)41(38,39)40)28-20-22-33(26(2)24-28)37(4)30-15-9-6-10-16-30/h5-24H,1-4H3. The van der Waals surface area contributed by atoms with Crippen LogP contribution in [0, 0.1) is 6.92 Å². The van der Waals surface area contributed by atoms with E-state index >= 15 is 0 Å². The van der Waals surface area contributed by atoms with Crippen LogP contribution in [0.3, 0.4) is 0 Å². The normalized spacial score (nSPS) is 15.8. The molecule has 206 valence electrons. The molecule has 0 radical (unpaired) electrons. The van der Waals surface area contributed by atoms with Gasteiger partial charge < -0.3 is 9.45 Å². The molecule has 0 saturated heterocycles. The number of aryl methyl sites for hydroxylation is 1. The molecule has 0 spiro atoms. The summed E-state index contributed by atoms with van der Waals surface area (Å²) in [7, 11) is -0.676. The number of nitrogens with zero attached hydrogens (tertiary/aromatic N) is 2. The molecule has 5 rings (SSSR count). The summed E-state index contributed by atoms with van der Waals surface area (Å²) in [5.41, 5.74) is 8.94. The van der Waals surface area contributed by atoms with E-state index in [1.807, 2.05) is 88.6 Å². The first-order valence-corrected chi connectivity index (χ1v) is 14.8. The van der Waals surface area contributed by atoms with Gasteiger partial charge in [-0.25, -0.2) is 8.42 Å². The van der Waals surface area contributed by atoms with Gasteiger partial charge in [0, 0.05) is 47.8 Å². The molecule has 4 aromatic rings. The average Bonchev–Trinajstić information content (AvgIpc) is 2.97. The van der Waals surface area contributed by atoms with Gasteiger partial charge in [0.2, 0.25) is 11.4 Å². The van der Waals surface area contributed by atoms with Crippen molar-refractivity contribution in [1.29, 1.82) is 0 Å². The number of rotatable bonds is 6. The van der Waals surface area contributed by atoms with Crippen LogP contribution in [-0.4, -0.2) is 37.4 Å². The van der Waals surface area contributed by atoms with Gasteiger partial charge in [-0.3, -0.25) is 0 Å². The van der Waals surface area contributed by atoms with E-state index in [1.54, 1.807) is 18.2 Å². The van der Waals surface area contributed by atoms with E-state index in [0.29, 0.717) is 11.1 Å². The van der Waals surface area contributed by atoms with Crippen LogP contribution in [0.5, 0.6) is 0 Å². The Labute approximate surface area is 242 Å². The maximum atomic E-state index is 12.4. The van der Waals surface area contributed by atoms with Gasteiger partial charge in [0.1, 0.15) is 17.2 Å². The number of anilines is 2. The lowest BCUT2D eigenvalue weighted by Gasteiger charge is -2.24. The summed E-state index contributed by atoms with van der Waals surface area (Å²) in [5.74, 6) is 0. The molecule has 0 bridgehead atoms. The third kappa shape index (κ3) is 5.85. The fourth-order valence-corrected chi connectivity index (χ4v) is 6.01. The van der Waals surface area contributed by atoms with Gasteiger partial charge in [-0.2, -0.15) is 4.58 Å². The van der Waals surface area contributed by atoms with Crippen molar-refractivity contribution in [2.24, 2.45) is 0 Å². The number of hydrogen-bond donors (Lipinski definition) is 0. The van der Waals surface area contributed by atoms with Crippen LogP contribution in [0.15, 0.2) is 137 Å². The first-order valence-electron chi connectivity index (χ1n) is 13.4. The van der Waals surface area contributed by atoms with Crippen molar-refractivity contribution in [3.63, 3.8) is 0 Å². The molecular weight excluding hydrogens is 528 g/mol. The van der Waals surface area contributed by atoms with Crippen molar-refractivity contribution in [1.82, 2.24) is 0 Å². The molecule has 0 unspecified atom stereocenters. The van der Waals surface area contributed by atoms with Crippen LogP contribution in [0.25, 0.3) is 5.57 Å². The Morgan fingerprint density at radius 3 is 2.07 bits per heavy atom. The molecule has 1 aliphatic carbocycles. The zero-order valence-corrected chi connectivity index (χ0v) is 24.4. The molecule has 0 saturated carbocycles. The van der Waals surface area contributed by atoms with Gasteiger partial charge in [-0.15, -0.1) is 0 Å². The van der Waals surface area contributed by atoms with Crippen molar-refractivity contribution in [2.45, 2.75) is 18.7 Å². The van der Waals surface area contributed by atoms with E-state index in [1.165, 1.54) is 6.07 Å². The van der Waals surface area contributed by atoms with E-state index < -0.39 is 10.1 Å². The Morgan fingerprint density at radius 1 is 0.805 bits per heavy atom. The Kier molecular flexibility index (Phi) is 7.88. The Morgan fingerprint density at radius 2 is 1.44 bits per heavy atom. The highest BCUT2D eigenvalue weighted by molar-refractivity contribution is 7.85. The Bertz CT molecular complexity index is 1840. The van der Waals surface area contributed by atoms with Crippen molar-refractivity contribution in [2.75, 3.05) is 19.0 Å². The topological polar surface area (TPSA) is 63.4 Å². The molecule has 0 fully saturated rings. The van der Waals surface area contributed by atoms with Crippen molar-refractivity contribution in [3.05, 3.63) is 149 Å². The number of para-hydroxylation sites is 2. The lowest BCUT2D eigenvalue weighted by molar-refractivity contribution is -0.403. The number of allylic oxidation sites excluding steroid dienone is 5. The first kappa shape index (κ1) is 28.0. The Hall–Kier alpha value is -4.52. The van der Waals surface area contributed by atoms with Crippen molar-refractivity contribution >= 4 is 38.5 Å². The number of hydrogen-bond acceptors (Lipinski definition) is 4. The second kappa shape index (κ2) is 11.5. The molecule has 4 aromatic carbocycles. The van der Waals surface area contributed by atoms with Crippen molar-refractivity contribution < 1.29 is 17.5 Å². The maximum Gasteiger partial charge on any atom is 0.208 e. The van der Waals surface area contributed by atoms with Gasteiger partial charge >= 0.3 is 0 Å². The fourth-order valence-electron chi connectivity index (χ4n) is 5.32. The molecule has 5 nitrogen and oxygen atoms in total. The quantitative estimate of drug-likeness (QED) is 0.182. The van der Waals surface area contributed by atoms with Crippen LogP contribution >= 0.6 is 0 Å². The Balaban J connectivity index is 1.69.